The molecule has 1 aromatic rings. The van der Waals surface area contributed by atoms with Gasteiger partial charge in [0.1, 0.15) is 0 Å². The van der Waals surface area contributed by atoms with E-state index in [-0.39, 0.29) is 5.91 Å². The summed E-state index contributed by atoms with van der Waals surface area (Å²) in [7, 11) is 0. The Bertz CT molecular complexity index is 450. The van der Waals surface area contributed by atoms with E-state index in [1.807, 2.05) is 4.90 Å². The monoisotopic (exact) mass is 263 g/mol. The van der Waals surface area contributed by atoms with Gasteiger partial charge in [0.15, 0.2) is 5.69 Å². The molecule has 0 aromatic carbocycles. The van der Waals surface area contributed by atoms with Gasteiger partial charge in [-0.2, -0.15) is 5.10 Å². The molecule has 2 atom stereocenters. The molecule has 0 bridgehead atoms. The third-order valence-electron chi connectivity index (χ3n) is 4.15. The smallest absolute Gasteiger partial charge is 0.274 e. The topological polar surface area (TPSA) is 47.4 Å². The molecule has 3 rings (SSSR count). The standard InChI is InChI=1S/C14H21N3O2/c1-10-5-3-6-11(2)17(10)14(18)12-9-13-16(15-12)7-4-8-19-13/h9-11H,3-8H2,1-2H3. The highest BCUT2D eigenvalue weighted by molar-refractivity contribution is 5.93. The minimum atomic E-state index is 0.0465. The summed E-state index contributed by atoms with van der Waals surface area (Å²) in [5.74, 6) is 0.775. The predicted octanol–water partition coefficient (Wildman–Crippen LogP) is 2.07. The fourth-order valence-electron chi connectivity index (χ4n) is 3.13. The molecule has 104 valence electrons. The van der Waals surface area contributed by atoms with Gasteiger partial charge in [0.2, 0.25) is 5.88 Å². The number of fused-ring (bicyclic) bond motifs is 1. The number of carbonyl (C=O) groups is 1. The van der Waals surface area contributed by atoms with Crippen molar-refractivity contribution in [2.24, 2.45) is 0 Å². The van der Waals surface area contributed by atoms with Crippen LogP contribution in [0.3, 0.4) is 0 Å². The number of aryl methyl sites for hydroxylation is 1. The van der Waals surface area contributed by atoms with Crippen molar-refractivity contribution in [3.05, 3.63) is 11.8 Å². The quantitative estimate of drug-likeness (QED) is 0.779. The molecule has 0 spiro atoms. The van der Waals surface area contributed by atoms with E-state index in [4.69, 9.17) is 4.74 Å². The molecule has 2 unspecified atom stereocenters. The van der Waals surface area contributed by atoms with E-state index in [0.717, 1.165) is 38.3 Å². The van der Waals surface area contributed by atoms with Crippen LogP contribution in [0, 0.1) is 0 Å². The largest absolute Gasteiger partial charge is 0.478 e. The van der Waals surface area contributed by atoms with Gasteiger partial charge in [-0.25, -0.2) is 4.68 Å². The molecule has 1 fully saturated rings. The van der Waals surface area contributed by atoms with Gasteiger partial charge < -0.3 is 9.64 Å². The number of piperidine rings is 1. The van der Waals surface area contributed by atoms with Gasteiger partial charge in [0, 0.05) is 31.1 Å². The molecular weight excluding hydrogens is 242 g/mol. The molecule has 2 aliphatic rings. The molecule has 1 aromatic heterocycles. The Hall–Kier alpha value is -1.52. The third kappa shape index (κ3) is 2.22. The van der Waals surface area contributed by atoms with Crippen LogP contribution in [0.5, 0.6) is 5.88 Å². The molecule has 0 N–H and O–H groups in total. The lowest BCUT2D eigenvalue weighted by Gasteiger charge is -2.38. The highest BCUT2D eigenvalue weighted by Gasteiger charge is 2.31. The fourth-order valence-corrected chi connectivity index (χ4v) is 3.13. The maximum Gasteiger partial charge on any atom is 0.274 e. The molecule has 0 radical (unpaired) electrons. The third-order valence-corrected chi connectivity index (χ3v) is 4.15. The zero-order chi connectivity index (χ0) is 13.4. The number of hydrogen-bond donors (Lipinski definition) is 0. The van der Waals surface area contributed by atoms with Gasteiger partial charge in [0.05, 0.1) is 6.61 Å². The first-order valence-electron chi connectivity index (χ1n) is 7.20. The lowest BCUT2D eigenvalue weighted by Crippen LogP contribution is -2.47. The molecule has 3 heterocycles. The van der Waals surface area contributed by atoms with Crippen LogP contribution in [0.15, 0.2) is 6.07 Å². The van der Waals surface area contributed by atoms with Crippen molar-refractivity contribution in [1.29, 1.82) is 0 Å². The van der Waals surface area contributed by atoms with E-state index < -0.39 is 0 Å². The lowest BCUT2D eigenvalue weighted by atomic mass is 9.97. The maximum atomic E-state index is 12.6. The number of hydrogen-bond acceptors (Lipinski definition) is 3. The number of ether oxygens (including phenoxy) is 1. The summed E-state index contributed by atoms with van der Waals surface area (Å²) >= 11 is 0. The molecule has 0 aliphatic carbocycles. The van der Waals surface area contributed by atoms with Crippen LogP contribution < -0.4 is 4.74 Å². The first-order chi connectivity index (χ1) is 9.16. The fraction of sp³-hybridized carbons (Fsp3) is 0.714. The van der Waals surface area contributed by atoms with E-state index in [1.165, 1.54) is 6.42 Å². The second kappa shape index (κ2) is 4.87. The van der Waals surface area contributed by atoms with Gasteiger partial charge in [0.25, 0.3) is 5.91 Å². The first kappa shape index (κ1) is 12.5. The summed E-state index contributed by atoms with van der Waals surface area (Å²) in [5, 5.41) is 4.40. The first-order valence-corrected chi connectivity index (χ1v) is 7.20. The Kier molecular flexibility index (Phi) is 3.21. The van der Waals surface area contributed by atoms with Gasteiger partial charge in [-0.1, -0.05) is 0 Å². The van der Waals surface area contributed by atoms with Crippen molar-refractivity contribution in [2.75, 3.05) is 6.61 Å². The molecule has 5 heteroatoms. The number of rotatable bonds is 1. The predicted molar refractivity (Wildman–Crippen MR) is 71.3 cm³/mol. The van der Waals surface area contributed by atoms with Crippen molar-refractivity contribution in [3.8, 4) is 5.88 Å². The van der Waals surface area contributed by atoms with E-state index in [1.54, 1.807) is 10.7 Å². The number of nitrogens with zero attached hydrogens (tertiary/aromatic N) is 3. The number of carbonyl (C=O) groups excluding carboxylic acids is 1. The van der Waals surface area contributed by atoms with Crippen LogP contribution in [0.2, 0.25) is 0 Å². The molecule has 0 saturated carbocycles. The second-order valence-electron chi connectivity index (χ2n) is 5.63. The average molecular weight is 263 g/mol. The number of aromatic nitrogens is 2. The van der Waals surface area contributed by atoms with Gasteiger partial charge in [-0.3, -0.25) is 4.79 Å². The Labute approximate surface area is 113 Å². The normalized spacial score (nSPS) is 26.7. The molecular formula is C14H21N3O2. The van der Waals surface area contributed by atoms with Crippen LogP contribution >= 0.6 is 0 Å². The van der Waals surface area contributed by atoms with E-state index in [9.17, 15) is 4.79 Å². The van der Waals surface area contributed by atoms with E-state index >= 15 is 0 Å². The summed E-state index contributed by atoms with van der Waals surface area (Å²) in [5.41, 5.74) is 0.525. The summed E-state index contributed by atoms with van der Waals surface area (Å²) < 4.78 is 7.33. The van der Waals surface area contributed by atoms with Crippen LogP contribution in [0.25, 0.3) is 0 Å². The van der Waals surface area contributed by atoms with Crippen molar-refractivity contribution in [2.45, 2.75) is 58.2 Å². The van der Waals surface area contributed by atoms with E-state index in [0.29, 0.717) is 17.8 Å². The van der Waals surface area contributed by atoms with Gasteiger partial charge in [-0.05, 0) is 33.1 Å². The number of likely N-dealkylation sites (tertiary alicyclic amines) is 1. The van der Waals surface area contributed by atoms with Crippen LogP contribution in [0.4, 0.5) is 0 Å². The zero-order valence-electron chi connectivity index (χ0n) is 11.6. The molecule has 1 saturated heterocycles. The SMILES string of the molecule is CC1CCCC(C)N1C(=O)c1cc2n(n1)CCCO2. The summed E-state index contributed by atoms with van der Waals surface area (Å²) in [6, 6.07) is 2.39. The van der Waals surface area contributed by atoms with Crippen LogP contribution in [0.1, 0.15) is 50.0 Å². The van der Waals surface area contributed by atoms with Crippen molar-refractivity contribution >= 4 is 5.91 Å². The molecule has 19 heavy (non-hydrogen) atoms. The van der Waals surface area contributed by atoms with Gasteiger partial charge >= 0.3 is 0 Å². The highest BCUT2D eigenvalue weighted by atomic mass is 16.5. The summed E-state index contributed by atoms with van der Waals surface area (Å²) in [6.07, 6.45) is 4.33. The van der Waals surface area contributed by atoms with Crippen molar-refractivity contribution in [3.63, 3.8) is 0 Å². The maximum absolute atomic E-state index is 12.6. The van der Waals surface area contributed by atoms with Gasteiger partial charge in [-0.15, -0.1) is 0 Å². The number of amides is 1. The highest BCUT2D eigenvalue weighted by Crippen LogP contribution is 2.26. The lowest BCUT2D eigenvalue weighted by molar-refractivity contribution is 0.0503. The average Bonchev–Trinajstić information content (AvgIpc) is 2.82. The van der Waals surface area contributed by atoms with Crippen LogP contribution in [-0.2, 0) is 6.54 Å². The minimum Gasteiger partial charge on any atom is -0.478 e. The van der Waals surface area contributed by atoms with Crippen LogP contribution in [-0.4, -0.2) is 39.3 Å². The van der Waals surface area contributed by atoms with Crippen molar-refractivity contribution in [1.82, 2.24) is 14.7 Å². The molecule has 1 amide bonds. The van der Waals surface area contributed by atoms with Crippen molar-refractivity contribution < 1.29 is 9.53 Å². The zero-order valence-corrected chi connectivity index (χ0v) is 11.6. The Morgan fingerprint density at radius 1 is 1.32 bits per heavy atom. The minimum absolute atomic E-state index is 0.0465. The summed E-state index contributed by atoms with van der Waals surface area (Å²) in [4.78, 5) is 14.6. The molecule has 2 aliphatic heterocycles. The second-order valence-corrected chi connectivity index (χ2v) is 5.63. The molecule has 5 nitrogen and oxygen atoms in total. The van der Waals surface area contributed by atoms with E-state index in [2.05, 4.69) is 18.9 Å². The Morgan fingerprint density at radius 2 is 2.05 bits per heavy atom. The summed E-state index contributed by atoms with van der Waals surface area (Å²) in [6.45, 7) is 5.81. The Balaban J connectivity index is 1.84. The Morgan fingerprint density at radius 3 is 2.74 bits per heavy atom.